The molecule has 162 valence electrons. The summed E-state index contributed by atoms with van der Waals surface area (Å²) in [6.45, 7) is 3.94. The van der Waals surface area contributed by atoms with Crippen molar-refractivity contribution >= 4 is 40.7 Å². The van der Waals surface area contributed by atoms with E-state index in [1.807, 2.05) is 0 Å². The van der Waals surface area contributed by atoms with Crippen molar-refractivity contribution in [1.29, 1.82) is 0 Å². The van der Waals surface area contributed by atoms with E-state index < -0.39 is 17.6 Å². The highest BCUT2D eigenvalue weighted by Gasteiger charge is 2.34. The number of hydrogen-bond acceptors (Lipinski definition) is 4. The molecule has 1 fully saturated rings. The monoisotopic (exact) mass is 445 g/mol. The number of anilines is 2. The van der Waals surface area contributed by atoms with Gasteiger partial charge in [0.2, 0.25) is 11.8 Å². The van der Waals surface area contributed by atoms with Crippen LogP contribution in [0.4, 0.5) is 15.8 Å². The molecule has 2 aromatic carbocycles. The van der Waals surface area contributed by atoms with Gasteiger partial charge in [-0.3, -0.25) is 14.4 Å². The minimum absolute atomic E-state index is 0.0915. The summed E-state index contributed by atoms with van der Waals surface area (Å²) < 4.78 is 18.6. The SMILES string of the molecule is C=CCNC(=O)[C@H]1CC(=O)N(c2ccc(OCC(=O)Nc3ccc(F)c(Cl)c3)cc2)C1. The van der Waals surface area contributed by atoms with Crippen molar-refractivity contribution in [2.24, 2.45) is 5.92 Å². The number of rotatable bonds is 8. The van der Waals surface area contributed by atoms with Crippen molar-refractivity contribution in [2.45, 2.75) is 6.42 Å². The normalized spacial score (nSPS) is 15.5. The first-order valence-corrected chi connectivity index (χ1v) is 9.92. The van der Waals surface area contributed by atoms with Gasteiger partial charge < -0.3 is 20.3 Å². The summed E-state index contributed by atoms with van der Waals surface area (Å²) in [5.41, 5.74) is 0.997. The Kier molecular flexibility index (Phi) is 7.25. The van der Waals surface area contributed by atoms with Gasteiger partial charge in [-0.25, -0.2) is 4.39 Å². The number of carbonyl (C=O) groups excluding carboxylic acids is 3. The molecule has 0 spiro atoms. The average molecular weight is 446 g/mol. The van der Waals surface area contributed by atoms with E-state index in [0.29, 0.717) is 30.2 Å². The molecular formula is C22H21ClFN3O4. The maximum absolute atomic E-state index is 13.2. The molecule has 0 bridgehead atoms. The van der Waals surface area contributed by atoms with E-state index in [-0.39, 0.29) is 29.9 Å². The number of nitrogens with one attached hydrogen (secondary N) is 2. The predicted molar refractivity (Wildman–Crippen MR) is 116 cm³/mol. The van der Waals surface area contributed by atoms with Crippen molar-refractivity contribution in [3.63, 3.8) is 0 Å². The lowest BCUT2D eigenvalue weighted by Gasteiger charge is -2.17. The molecule has 0 saturated carbocycles. The van der Waals surface area contributed by atoms with Crippen LogP contribution in [-0.2, 0) is 14.4 Å². The number of amides is 3. The standard InChI is InChI=1S/C22H21ClFN3O4/c1-2-9-25-22(30)14-10-21(29)27(12-14)16-4-6-17(7-5-16)31-13-20(28)26-15-3-8-19(24)18(23)11-15/h2-8,11,14H,1,9-10,12-13H2,(H,25,30)(H,26,28)/t14-/m0/s1. The van der Waals surface area contributed by atoms with Crippen LogP contribution in [0.15, 0.2) is 55.1 Å². The predicted octanol–water partition coefficient (Wildman–Crippen LogP) is 3.15. The summed E-state index contributed by atoms with van der Waals surface area (Å²) in [5, 5.41) is 5.18. The van der Waals surface area contributed by atoms with Crippen molar-refractivity contribution < 1.29 is 23.5 Å². The van der Waals surface area contributed by atoms with Crippen LogP contribution in [0.5, 0.6) is 5.75 Å². The molecule has 1 aliphatic rings. The van der Waals surface area contributed by atoms with Gasteiger partial charge in [0.15, 0.2) is 6.61 Å². The summed E-state index contributed by atoms with van der Waals surface area (Å²) >= 11 is 5.69. The Hall–Kier alpha value is -3.39. The first-order valence-electron chi connectivity index (χ1n) is 9.54. The number of ether oxygens (including phenoxy) is 1. The summed E-state index contributed by atoms with van der Waals surface area (Å²) in [5.74, 6) is -1.30. The average Bonchev–Trinajstić information content (AvgIpc) is 3.15. The van der Waals surface area contributed by atoms with Gasteiger partial charge >= 0.3 is 0 Å². The molecule has 1 heterocycles. The fourth-order valence-electron chi connectivity index (χ4n) is 3.09. The molecule has 0 unspecified atom stereocenters. The lowest BCUT2D eigenvalue weighted by molar-refractivity contribution is -0.126. The highest BCUT2D eigenvalue weighted by molar-refractivity contribution is 6.31. The van der Waals surface area contributed by atoms with Crippen LogP contribution < -0.4 is 20.3 Å². The zero-order chi connectivity index (χ0) is 22.4. The number of hydrogen-bond donors (Lipinski definition) is 2. The van der Waals surface area contributed by atoms with Gasteiger partial charge in [-0.1, -0.05) is 17.7 Å². The summed E-state index contributed by atoms with van der Waals surface area (Å²) in [4.78, 5) is 37.9. The second-order valence-corrected chi connectivity index (χ2v) is 7.31. The van der Waals surface area contributed by atoms with Crippen LogP contribution in [-0.4, -0.2) is 37.4 Å². The fourth-order valence-corrected chi connectivity index (χ4v) is 3.27. The number of halogens is 2. The summed E-state index contributed by atoms with van der Waals surface area (Å²) in [6.07, 6.45) is 1.73. The third kappa shape index (κ3) is 5.82. The van der Waals surface area contributed by atoms with Gasteiger partial charge in [-0.05, 0) is 42.5 Å². The van der Waals surface area contributed by atoms with Crippen molar-refractivity contribution in [1.82, 2.24) is 5.32 Å². The lowest BCUT2D eigenvalue weighted by atomic mass is 10.1. The molecule has 2 aromatic rings. The first-order chi connectivity index (χ1) is 14.9. The van der Waals surface area contributed by atoms with E-state index in [1.165, 1.54) is 12.1 Å². The number of benzene rings is 2. The van der Waals surface area contributed by atoms with Gasteiger partial charge in [0.05, 0.1) is 10.9 Å². The van der Waals surface area contributed by atoms with E-state index in [4.69, 9.17) is 16.3 Å². The smallest absolute Gasteiger partial charge is 0.262 e. The first kappa shape index (κ1) is 22.3. The van der Waals surface area contributed by atoms with Crippen molar-refractivity contribution in [2.75, 3.05) is 29.9 Å². The topological polar surface area (TPSA) is 87.7 Å². The van der Waals surface area contributed by atoms with E-state index in [9.17, 15) is 18.8 Å². The Balaban J connectivity index is 1.52. The third-order valence-corrected chi connectivity index (χ3v) is 4.93. The molecule has 1 aliphatic heterocycles. The molecular weight excluding hydrogens is 425 g/mol. The van der Waals surface area contributed by atoms with E-state index in [1.54, 1.807) is 35.2 Å². The Morgan fingerprint density at radius 3 is 2.68 bits per heavy atom. The molecule has 7 nitrogen and oxygen atoms in total. The number of nitrogens with zero attached hydrogens (tertiary/aromatic N) is 1. The highest BCUT2D eigenvalue weighted by atomic mass is 35.5. The minimum Gasteiger partial charge on any atom is -0.484 e. The summed E-state index contributed by atoms with van der Waals surface area (Å²) in [6, 6.07) is 10.5. The molecule has 0 radical (unpaired) electrons. The Morgan fingerprint density at radius 2 is 2.00 bits per heavy atom. The maximum Gasteiger partial charge on any atom is 0.262 e. The molecule has 3 amide bonds. The lowest BCUT2D eigenvalue weighted by Crippen LogP contribution is -2.32. The molecule has 2 N–H and O–H groups in total. The number of carbonyl (C=O) groups is 3. The Morgan fingerprint density at radius 1 is 1.26 bits per heavy atom. The minimum atomic E-state index is -0.573. The second kappa shape index (κ2) is 10.1. The van der Waals surface area contributed by atoms with Crippen LogP contribution >= 0.6 is 11.6 Å². The van der Waals surface area contributed by atoms with Crippen LogP contribution in [0, 0.1) is 11.7 Å². The largest absolute Gasteiger partial charge is 0.484 e. The third-order valence-electron chi connectivity index (χ3n) is 4.64. The molecule has 0 aliphatic carbocycles. The maximum atomic E-state index is 13.2. The second-order valence-electron chi connectivity index (χ2n) is 6.90. The van der Waals surface area contributed by atoms with E-state index >= 15 is 0 Å². The van der Waals surface area contributed by atoms with E-state index in [2.05, 4.69) is 17.2 Å². The zero-order valence-electron chi connectivity index (χ0n) is 16.6. The molecule has 3 rings (SSSR count). The Labute approximate surface area is 183 Å². The van der Waals surface area contributed by atoms with Gasteiger partial charge in [0.1, 0.15) is 11.6 Å². The quantitative estimate of drug-likeness (QED) is 0.611. The Bertz CT molecular complexity index is 997. The van der Waals surface area contributed by atoms with Gasteiger partial charge in [-0.2, -0.15) is 0 Å². The van der Waals surface area contributed by atoms with Crippen LogP contribution in [0.25, 0.3) is 0 Å². The van der Waals surface area contributed by atoms with Crippen LogP contribution in [0.2, 0.25) is 5.02 Å². The zero-order valence-corrected chi connectivity index (χ0v) is 17.3. The van der Waals surface area contributed by atoms with Crippen LogP contribution in [0.3, 0.4) is 0 Å². The summed E-state index contributed by atoms with van der Waals surface area (Å²) in [7, 11) is 0. The molecule has 0 aromatic heterocycles. The van der Waals surface area contributed by atoms with Crippen molar-refractivity contribution in [3.05, 3.63) is 66.0 Å². The van der Waals surface area contributed by atoms with Gasteiger partial charge in [0.25, 0.3) is 5.91 Å². The highest BCUT2D eigenvalue weighted by Crippen LogP contribution is 2.27. The molecule has 1 saturated heterocycles. The molecule has 31 heavy (non-hydrogen) atoms. The van der Waals surface area contributed by atoms with Gasteiger partial charge in [-0.15, -0.1) is 6.58 Å². The van der Waals surface area contributed by atoms with E-state index in [0.717, 1.165) is 6.07 Å². The fraction of sp³-hybridized carbons (Fsp3) is 0.227. The molecule has 1 atom stereocenters. The van der Waals surface area contributed by atoms with Gasteiger partial charge in [0, 0.05) is 30.9 Å². The molecule has 9 heteroatoms. The van der Waals surface area contributed by atoms with Crippen LogP contribution in [0.1, 0.15) is 6.42 Å². The van der Waals surface area contributed by atoms with Crippen molar-refractivity contribution in [3.8, 4) is 5.75 Å².